The summed E-state index contributed by atoms with van der Waals surface area (Å²) in [7, 11) is 0. The van der Waals surface area contributed by atoms with Gasteiger partial charge in [-0.1, -0.05) is 37.8 Å². The number of carbonyl (C=O) groups is 1. The zero-order chi connectivity index (χ0) is 17.5. The van der Waals surface area contributed by atoms with E-state index in [1.54, 1.807) is 36.4 Å². The van der Waals surface area contributed by atoms with Crippen molar-refractivity contribution in [1.29, 1.82) is 5.26 Å². The molecule has 1 aliphatic rings. The van der Waals surface area contributed by atoms with Gasteiger partial charge in [-0.25, -0.2) is 0 Å². The molecule has 2 N–H and O–H groups in total. The van der Waals surface area contributed by atoms with Crippen LogP contribution in [0.4, 0.5) is 11.5 Å². The summed E-state index contributed by atoms with van der Waals surface area (Å²) in [5.41, 5.74) is 1.10. The van der Waals surface area contributed by atoms with Crippen LogP contribution in [0.1, 0.15) is 54.6 Å². The smallest absolute Gasteiger partial charge is 0.276 e. The quantitative estimate of drug-likeness (QED) is 0.831. The second-order valence-electron chi connectivity index (χ2n) is 6.25. The van der Waals surface area contributed by atoms with E-state index in [1.807, 2.05) is 0 Å². The highest BCUT2D eigenvalue weighted by Crippen LogP contribution is 2.20. The van der Waals surface area contributed by atoms with Crippen LogP contribution in [0.5, 0.6) is 0 Å². The first kappa shape index (κ1) is 16.9. The molecule has 2 aromatic rings. The Hall–Kier alpha value is -2.94. The van der Waals surface area contributed by atoms with Gasteiger partial charge in [0, 0.05) is 6.04 Å². The molecule has 1 aliphatic carbocycles. The minimum atomic E-state index is -0.379. The van der Waals surface area contributed by atoms with Crippen molar-refractivity contribution in [3.05, 3.63) is 47.7 Å². The number of hydrogen-bond donors (Lipinski definition) is 2. The number of carbonyl (C=O) groups excluding carboxylic acids is 1. The topological polar surface area (TPSA) is 90.7 Å². The predicted molar refractivity (Wildman–Crippen MR) is 96.3 cm³/mol. The Labute approximate surface area is 147 Å². The molecule has 0 saturated heterocycles. The number of amides is 1. The van der Waals surface area contributed by atoms with Crippen LogP contribution in [0, 0.1) is 11.3 Å². The third-order valence-electron chi connectivity index (χ3n) is 4.40. The molecule has 0 radical (unpaired) electrons. The first-order valence-electron chi connectivity index (χ1n) is 8.67. The van der Waals surface area contributed by atoms with E-state index in [-0.39, 0.29) is 11.6 Å². The first-order chi connectivity index (χ1) is 12.3. The lowest BCUT2D eigenvalue weighted by Gasteiger charge is -2.16. The number of rotatable bonds is 4. The monoisotopic (exact) mass is 335 g/mol. The first-order valence-corrected chi connectivity index (χ1v) is 8.67. The molecule has 0 bridgehead atoms. The standard InChI is InChI=1S/C19H21N5O/c20-13-14-7-5-6-10-16(14)22-19(25)17-11-12-18(24-23-17)21-15-8-3-1-2-4-9-15/h5-7,10-12,15H,1-4,8-9H2,(H,21,24)(H,22,25). The van der Waals surface area contributed by atoms with Crippen molar-refractivity contribution >= 4 is 17.4 Å². The van der Waals surface area contributed by atoms with Crippen LogP contribution >= 0.6 is 0 Å². The van der Waals surface area contributed by atoms with Crippen LogP contribution < -0.4 is 10.6 Å². The lowest BCUT2D eigenvalue weighted by atomic mass is 10.1. The molecule has 1 saturated carbocycles. The number of para-hydroxylation sites is 1. The Morgan fingerprint density at radius 1 is 1.04 bits per heavy atom. The fourth-order valence-electron chi connectivity index (χ4n) is 3.04. The maximum absolute atomic E-state index is 12.3. The number of anilines is 2. The SMILES string of the molecule is N#Cc1ccccc1NC(=O)c1ccc(NC2CCCCCC2)nn1. The minimum absolute atomic E-state index is 0.221. The van der Waals surface area contributed by atoms with Gasteiger partial charge in [0.15, 0.2) is 5.69 Å². The Kier molecular flexibility index (Phi) is 5.57. The summed E-state index contributed by atoms with van der Waals surface area (Å²) in [6.07, 6.45) is 7.37. The predicted octanol–water partition coefficient (Wildman–Crippen LogP) is 3.74. The van der Waals surface area contributed by atoms with Crippen molar-refractivity contribution in [2.24, 2.45) is 0 Å². The molecule has 1 heterocycles. The highest BCUT2D eigenvalue weighted by atomic mass is 16.1. The molecular formula is C19H21N5O. The molecule has 6 heteroatoms. The van der Waals surface area contributed by atoms with Gasteiger partial charge in [-0.3, -0.25) is 4.79 Å². The molecule has 0 unspecified atom stereocenters. The molecule has 0 atom stereocenters. The molecule has 1 amide bonds. The van der Waals surface area contributed by atoms with Gasteiger partial charge < -0.3 is 10.6 Å². The number of nitrogens with zero attached hydrogens (tertiary/aromatic N) is 3. The van der Waals surface area contributed by atoms with E-state index in [1.165, 1.54) is 25.7 Å². The largest absolute Gasteiger partial charge is 0.366 e. The zero-order valence-electron chi connectivity index (χ0n) is 14.0. The van der Waals surface area contributed by atoms with Crippen molar-refractivity contribution < 1.29 is 4.79 Å². The van der Waals surface area contributed by atoms with Crippen molar-refractivity contribution in [3.8, 4) is 6.07 Å². The average molecular weight is 335 g/mol. The third kappa shape index (κ3) is 4.54. The van der Waals surface area contributed by atoms with E-state index in [9.17, 15) is 4.79 Å². The van der Waals surface area contributed by atoms with Gasteiger partial charge in [-0.2, -0.15) is 5.26 Å². The summed E-state index contributed by atoms with van der Waals surface area (Å²) in [4.78, 5) is 12.3. The Morgan fingerprint density at radius 2 is 1.80 bits per heavy atom. The van der Waals surface area contributed by atoms with Gasteiger partial charge in [-0.05, 0) is 37.1 Å². The van der Waals surface area contributed by atoms with Crippen molar-refractivity contribution in [3.63, 3.8) is 0 Å². The van der Waals surface area contributed by atoms with Crippen molar-refractivity contribution in [2.45, 2.75) is 44.6 Å². The second-order valence-corrected chi connectivity index (χ2v) is 6.25. The summed E-state index contributed by atoms with van der Waals surface area (Å²) in [5.74, 6) is 0.317. The Bertz CT molecular complexity index is 758. The molecule has 0 spiro atoms. The van der Waals surface area contributed by atoms with E-state index in [2.05, 4.69) is 26.9 Å². The summed E-state index contributed by atoms with van der Waals surface area (Å²) < 4.78 is 0. The molecule has 6 nitrogen and oxygen atoms in total. The molecule has 1 aromatic heterocycles. The van der Waals surface area contributed by atoms with Crippen LogP contribution in [0.15, 0.2) is 36.4 Å². The van der Waals surface area contributed by atoms with E-state index in [0.29, 0.717) is 23.1 Å². The molecule has 3 rings (SSSR count). The highest BCUT2D eigenvalue weighted by Gasteiger charge is 2.14. The van der Waals surface area contributed by atoms with Gasteiger partial charge >= 0.3 is 0 Å². The second kappa shape index (κ2) is 8.25. The number of nitriles is 1. The Balaban J connectivity index is 1.63. The third-order valence-corrected chi connectivity index (χ3v) is 4.40. The molecular weight excluding hydrogens is 314 g/mol. The molecule has 1 fully saturated rings. The molecule has 0 aliphatic heterocycles. The van der Waals surface area contributed by atoms with Crippen LogP contribution in [0.2, 0.25) is 0 Å². The van der Waals surface area contributed by atoms with Gasteiger partial charge in [0.1, 0.15) is 11.9 Å². The van der Waals surface area contributed by atoms with E-state index >= 15 is 0 Å². The summed E-state index contributed by atoms with van der Waals surface area (Å²) in [6.45, 7) is 0. The highest BCUT2D eigenvalue weighted by molar-refractivity contribution is 6.03. The van der Waals surface area contributed by atoms with Crippen LogP contribution in [0.3, 0.4) is 0 Å². The lowest BCUT2D eigenvalue weighted by molar-refractivity contribution is 0.102. The number of aromatic nitrogens is 2. The van der Waals surface area contributed by atoms with E-state index in [4.69, 9.17) is 5.26 Å². The fourth-order valence-corrected chi connectivity index (χ4v) is 3.04. The zero-order valence-corrected chi connectivity index (χ0v) is 14.0. The average Bonchev–Trinajstić information content (AvgIpc) is 2.91. The molecule has 25 heavy (non-hydrogen) atoms. The number of benzene rings is 1. The lowest BCUT2D eigenvalue weighted by Crippen LogP contribution is -2.20. The van der Waals surface area contributed by atoms with Gasteiger partial charge in [0.05, 0.1) is 11.3 Å². The molecule has 128 valence electrons. The maximum Gasteiger partial charge on any atom is 0.276 e. The normalized spacial score (nSPS) is 15.0. The fraction of sp³-hybridized carbons (Fsp3) is 0.368. The van der Waals surface area contributed by atoms with Crippen LogP contribution in [-0.2, 0) is 0 Å². The van der Waals surface area contributed by atoms with Crippen molar-refractivity contribution in [1.82, 2.24) is 10.2 Å². The minimum Gasteiger partial charge on any atom is -0.366 e. The van der Waals surface area contributed by atoms with E-state index < -0.39 is 0 Å². The number of hydrogen-bond acceptors (Lipinski definition) is 5. The summed E-state index contributed by atoms with van der Waals surface area (Å²) in [6, 6.07) is 12.8. The Morgan fingerprint density at radius 3 is 2.48 bits per heavy atom. The van der Waals surface area contributed by atoms with Gasteiger partial charge in [0.2, 0.25) is 0 Å². The van der Waals surface area contributed by atoms with Crippen molar-refractivity contribution in [2.75, 3.05) is 10.6 Å². The van der Waals surface area contributed by atoms with E-state index in [0.717, 1.165) is 12.8 Å². The van der Waals surface area contributed by atoms with Crippen LogP contribution in [0.25, 0.3) is 0 Å². The summed E-state index contributed by atoms with van der Waals surface area (Å²) >= 11 is 0. The van der Waals surface area contributed by atoms with Crippen LogP contribution in [-0.4, -0.2) is 22.1 Å². The summed E-state index contributed by atoms with van der Waals surface area (Å²) in [5, 5.41) is 23.3. The molecule has 1 aromatic carbocycles. The maximum atomic E-state index is 12.3. The van der Waals surface area contributed by atoms with Gasteiger partial charge in [0.25, 0.3) is 5.91 Å². The van der Waals surface area contributed by atoms with Gasteiger partial charge in [-0.15, -0.1) is 10.2 Å². The number of nitrogens with one attached hydrogen (secondary N) is 2.